The topological polar surface area (TPSA) is 41.9 Å². The Bertz CT molecular complexity index is 611. The molecule has 0 fully saturated rings. The molecule has 5 heteroatoms. The van der Waals surface area contributed by atoms with Gasteiger partial charge in [0.15, 0.2) is 5.11 Å². The molecule has 2 aromatic rings. The Hall–Kier alpha value is -1.88. The van der Waals surface area contributed by atoms with Crippen molar-refractivity contribution in [3.63, 3.8) is 0 Å². The number of anilines is 1. The number of aromatic nitrogens is 2. The molecule has 0 spiro atoms. The predicted octanol–water partition coefficient (Wildman–Crippen LogP) is 3.73. The highest BCUT2D eigenvalue weighted by Gasteiger charge is 2.04. The molecule has 0 saturated carbocycles. The normalized spacial score (nSPS) is 12.0. The molecule has 0 bridgehead atoms. The summed E-state index contributed by atoms with van der Waals surface area (Å²) in [5.74, 6) is 0.589. The number of rotatable bonds is 5. The molecule has 0 amide bonds. The van der Waals surface area contributed by atoms with E-state index in [0.29, 0.717) is 17.6 Å². The van der Waals surface area contributed by atoms with E-state index in [2.05, 4.69) is 59.9 Å². The molecule has 1 heterocycles. The zero-order chi connectivity index (χ0) is 16.1. The van der Waals surface area contributed by atoms with Crippen LogP contribution >= 0.6 is 12.2 Å². The van der Waals surface area contributed by atoms with Gasteiger partial charge in [-0.25, -0.2) is 0 Å². The average Bonchev–Trinajstić information content (AvgIpc) is 2.84. The Morgan fingerprint density at radius 3 is 2.55 bits per heavy atom. The molecule has 0 saturated heterocycles. The molecule has 0 radical (unpaired) electrons. The number of nitrogens with zero attached hydrogens (tertiary/aromatic N) is 2. The van der Waals surface area contributed by atoms with Crippen molar-refractivity contribution in [1.29, 1.82) is 0 Å². The van der Waals surface area contributed by atoms with Crippen molar-refractivity contribution in [2.24, 2.45) is 7.05 Å². The summed E-state index contributed by atoms with van der Waals surface area (Å²) < 4.78 is 1.86. The maximum absolute atomic E-state index is 5.33. The fourth-order valence-electron chi connectivity index (χ4n) is 2.20. The van der Waals surface area contributed by atoms with Crippen molar-refractivity contribution in [3.8, 4) is 0 Å². The number of aryl methyl sites for hydroxylation is 2. The van der Waals surface area contributed by atoms with Crippen molar-refractivity contribution in [2.75, 3.05) is 5.32 Å². The predicted molar refractivity (Wildman–Crippen MR) is 96.2 cm³/mol. The quantitative estimate of drug-likeness (QED) is 0.825. The summed E-state index contributed by atoms with van der Waals surface area (Å²) in [6.07, 6.45) is 1.15. The second-order valence-electron chi connectivity index (χ2n) is 5.64. The minimum Gasteiger partial charge on any atom is -0.357 e. The van der Waals surface area contributed by atoms with E-state index in [1.54, 1.807) is 0 Å². The van der Waals surface area contributed by atoms with Crippen LogP contribution in [-0.4, -0.2) is 14.9 Å². The number of hydrogen-bond donors (Lipinski definition) is 2. The SMILES string of the molecule is CC[C@@H](C)c1ccc(NC(=S)NCc2cc(C)n(C)n2)cc1. The fourth-order valence-corrected chi connectivity index (χ4v) is 2.39. The Morgan fingerprint density at radius 2 is 2.00 bits per heavy atom. The molecule has 0 unspecified atom stereocenters. The van der Waals surface area contributed by atoms with Crippen molar-refractivity contribution in [2.45, 2.75) is 39.7 Å². The Balaban J connectivity index is 1.86. The van der Waals surface area contributed by atoms with Gasteiger partial charge in [-0.1, -0.05) is 26.0 Å². The van der Waals surface area contributed by atoms with E-state index >= 15 is 0 Å². The van der Waals surface area contributed by atoms with Crippen LogP contribution in [0.2, 0.25) is 0 Å². The first kappa shape index (κ1) is 16.5. The van der Waals surface area contributed by atoms with Gasteiger partial charge in [0.1, 0.15) is 0 Å². The first-order valence-electron chi connectivity index (χ1n) is 7.64. The van der Waals surface area contributed by atoms with Gasteiger partial charge in [-0.15, -0.1) is 0 Å². The molecule has 2 N–H and O–H groups in total. The van der Waals surface area contributed by atoms with E-state index < -0.39 is 0 Å². The van der Waals surface area contributed by atoms with Crippen LogP contribution in [0.25, 0.3) is 0 Å². The van der Waals surface area contributed by atoms with Crippen LogP contribution in [0, 0.1) is 6.92 Å². The lowest BCUT2D eigenvalue weighted by Gasteiger charge is -2.12. The lowest BCUT2D eigenvalue weighted by Crippen LogP contribution is -2.28. The summed E-state index contributed by atoms with van der Waals surface area (Å²) in [7, 11) is 1.94. The highest BCUT2D eigenvalue weighted by molar-refractivity contribution is 7.80. The zero-order valence-corrected chi connectivity index (χ0v) is 14.5. The maximum Gasteiger partial charge on any atom is 0.171 e. The summed E-state index contributed by atoms with van der Waals surface area (Å²) in [4.78, 5) is 0. The number of nitrogens with one attached hydrogen (secondary N) is 2. The minimum absolute atomic E-state index is 0.589. The molecule has 1 aromatic heterocycles. The monoisotopic (exact) mass is 316 g/mol. The van der Waals surface area contributed by atoms with Crippen LogP contribution in [0.1, 0.15) is 43.1 Å². The average molecular weight is 316 g/mol. The molecule has 22 heavy (non-hydrogen) atoms. The number of benzene rings is 1. The summed E-state index contributed by atoms with van der Waals surface area (Å²) in [6.45, 7) is 7.10. The lowest BCUT2D eigenvalue weighted by molar-refractivity contribution is 0.712. The summed E-state index contributed by atoms with van der Waals surface area (Å²) in [5, 5.41) is 11.4. The Kier molecular flexibility index (Phi) is 5.55. The molecule has 1 atom stereocenters. The largest absolute Gasteiger partial charge is 0.357 e. The van der Waals surface area contributed by atoms with Gasteiger partial charge in [0, 0.05) is 18.4 Å². The summed E-state index contributed by atoms with van der Waals surface area (Å²) in [5.41, 5.74) is 4.48. The van der Waals surface area contributed by atoms with Gasteiger partial charge in [0.25, 0.3) is 0 Å². The second kappa shape index (κ2) is 7.40. The van der Waals surface area contributed by atoms with Gasteiger partial charge < -0.3 is 10.6 Å². The third-order valence-corrected chi connectivity index (χ3v) is 4.19. The van der Waals surface area contributed by atoms with Crippen molar-refractivity contribution >= 4 is 23.0 Å². The Morgan fingerprint density at radius 1 is 1.32 bits per heavy atom. The third-order valence-electron chi connectivity index (χ3n) is 3.94. The van der Waals surface area contributed by atoms with Gasteiger partial charge in [-0.3, -0.25) is 4.68 Å². The number of thiocarbonyl (C=S) groups is 1. The second-order valence-corrected chi connectivity index (χ2v) is 6.05. The first-order valence-corrected chi connectivity index (χ1v) is 8.04. The van der Waals surface area contributed by atoms with Crippen LogP contribution in [0.3, 0.4) is 0 Å². The zero-order valence-electron chi connectivity index (χ0n) is 13.7. The van der Waals surface area contributed by atoms with Gasteiger partial charge >= 0.3 is 0 Å². The van der Waals surface area contributed by atoms with E-state index in [0.717, 1.165) is 23.5 Å². The molecule has 0 aliphatic carbocycles. The smallest absolute Gasteiger partial charge is 0.171 e. The van der Waals surface area contributed by atoms with Crippen LogP contribution in [0.5, 0.6) is 0 Å². The van der Waals surface area contributed by atoms with Crippen LogP contribution in [-0.2, 0) is 13.6 Å². The molecule has 0 aliphatic heterocycles. The van der Waals surface area contributed by atoms with Crippen molar-refractivity contribution in [1.82, 2.24) is 15.1 Å². The van der Waals surface area contributed by atoms with Crippen LogP contribution in [0.4, 0.5) is 5.69 Å². The van der Waals surface area contributed by atoms with Gasteiger partial charge in [-0.2, -0.15) is 5.10 Å². The number of hydrogen-bond acceptors (Lipinski definition) is 2. The molecule has 1 aromatic carbocycles. The minimum atomic E-state index is 0.589. The van der Waals surface area contributed by atoms with E-state index in [4.69, 9.17) is 12.2 Å². The van der Waals surface area contributed by atoms with E-state index in [1.165, 1.54) is 5.56 Å². The molecular formula is C17H24N4S. The van der Waals surface area contributed by atoms with E-state index in [9.17, 15) is 0 Å². The van der Waals surface area contributed by atoms with Crippen molar-refractivity contribution in [3.05, 3.63) is 47.3 Å². The van der Waals surface area contributed by atoms with Gasteiger partial charge in [-0.05, 0) is 55.2 Å². The summed E-state index contributed by atoms with van der Waals surface area (Å²) in [6, 6.07) is 10.5. The first-order chi connectivity index (χ1) is 10.5. The van der Waals surface area contributed by atoms with E-state index in [-0.39, 0.29) is 0 Å². The molecule has 4 nitrogen and oxygen atoms in total. The molecular weight excluding hydrogens is 292 g/mol. The summed E-state index contributed by atoms with van der Waals surface area (Å²) >= 11 is 5.33. The van der Waals surface area contributed by atoms with Gasteiger partial charge in [0.2, 0.25) is 0 Å². The molecule has 2 rings (SSSR count). The standard InChI is InChI=1S/C17H24N4S/c1-5-12(2)14-6-8-15(9-7-14)19-17(22)18-11-16-10-13(3)21(4)20-16/h6-10,12H,5,11H2,1-4H3,(H2,18,19,22)/t12-/m1/s1. The van der Waals surface area contributed by atoms with Crippen LogP contribution in [0.15, 0.2) is 30.3 Å². The Labute approximate surface area is 137 Å². The highest BCUT2D eigenvalue weighted by atomic mass is 32.1. The highest BCUT2D eigenvalue weighted by Crippen LogP contribution is 2.20. The van der Waals surface area contributed by atoms with E-state index in [1.807, 2.05) is 18.7 Å². The van der Waals surface area contributed by atoms with Gasteiger partial charge in [0.05, 0.1) is 12.2 Å². The fraction of sp³-hybridized carbons (Fsp3) is 0.412. The third kappa shape index (κ3) is 4.31. The maximum atomic E-state index is 5.33. The van der Waals surface area contributed by atoms with Crippen molar-refractivity contribution < 1.29 is 0 Å². The molecule has 118 valence electrons. The van der Waals surface area contributed by atoms with Crippen LogP contribution < -0.4 is 10.6 Å². The lowest BCUT2D eigenvalue weighted by atomic mass is 9.99. The molecule has 0 aliphatic rings.